The first-order valence-corrected chi connectivity index (χ1v) is 10.7. The summed E-state index contributed by atoms with van der Waals surface area (Å²) in [5, 5.41) is 9.85. The third kappa shape index (κ3) is 2.73. The number of fused-ring (bicyclic) bond motifs is 3. The lowest BCUT2D eigenvalue weighted by molar-refractivity contribution is -0.243. The van der Waals surface area contributed by atoms with Crippen LogP contribution in [0.2, 0.25) is 0 Å². The largest absolute Gasteiger partial charge is 0.508 e. The van der Waals surface area contributed by atoms with Crippen molar-refractivity contribution < 1.29 is 28.8 Å². The lowest BCUT2D eigenvalue weighted by Gasteiger charge is -2.51. The van der Waals surface area contributed by atoms with Gasteiger partial charge in [0.1, 0.15) is 23.7 Å². The zero-order valence-electron chi connectivity index (χ0n) is 17.2. The second-order valence-electron chi connectivity index (χ2n) is 9.49. The molecule has 6 nitrogen and oxygen atoms in total. The number of carbonyl (C=O) groups is 1. The lowest BCUT2D eigenvalue weighted by atomic mass is 9.57. The highest BCUT2D eigenvalue weighted by Crippen LogP contribution is 2.66. The molecular weight excluding hydrogens is 372 g/mol. The summed E-state index contributed by atoms with van der Waals surface area (Å²) in [5.41, 5.74) is 1.38. The van der Waals surface area contributed by atoms with Gasteiger partial charge in [-0.25, -0.2) is 0 Å². The van der Waals surface area contributed by atoms with E-state index in [1.54, 1.807) is 6.07 Å². The van der Waals surface area contributed by atoms with E-state index in [1.807, 2.05) is 12.1 Å². The molecule has 29 heavy (non-hydrogen) atoms. The second-order valence-corrected chi connectivity index (χ2v) is 9.49. The van der Waals surface area contributed by atoms with Crippen LogP contribution in [0.5, 0.6) is 5.75 Å². The molecule has 5 atom stereocenters. The number of phenols is 1. The smallest absolute Gasteiger partial charge is 0.226 e. The van der Waals surface area contributed by atoms with Crippen molar-refractivity contribution in [3.05, 3.63) is 29.3 Å². The number of ether oxygens (including phenoxy) is 4. The van der Waals surface area contributed by atoms with E-state index in [9.17, 15) is 9.90 Å². The predicted molar refractivity (Wildman–Crippen MR) is 104 cm³/mol. The number of carbonyl (C=O) groups excluding carboxylic acids is 1. The van der Waals surface area contributed by atoms with E-state index in [1.165, 1.54) is 5.56 Å². The normalized spacial score (nSPS) is 41.5. The van der Waals surface area contributed by atoms with Crippen molar-refractivity contribution >= 4 is 5.78 Å². The van der Waals surface area contributed by atoms with Crippen molar-refractivity contribution in [2.45, 2.75) is 63.8 Å². The lowest BCUT2D eigenvalue weighted by Crippen LogP contribution is -2.63. The molecule has 158 valence electrons. The summed E-state index contributed by atoms with van der Waals surface area (Å²) in [4.78, 5) is 12.9. The molecule has 1 N–H and O–H groups in total. The Labute approximate surface area is 171 Å². The molecule has 1 aromatic rings. The van der Waals surface area contributed by atoms with Gasteiger partial charge in [-0.15, -0.1) is 0 Å². The molecule has 5 rings (SSSR count). The topological polar surface area (TPSA) is 74.2 Å². The first-order chi connectivity index (χ1) is 13.9. The van der Waals surface area contributed by atoms with E-state index < -0.39 is 11.4 Å². The van der Waals surface area contributed by atoms with Crippen LogP contribution in [0.25, 0.3) is 0 Å². The molecule has 4 aliphatic rings. The van der Waals surface area contributed by atoms with Crippen molar-refractivity contribution in [2.75, 3.05) is 20.2 Å². The third-order valence-electron chi connectivity index (χ3n) is 8.17. The van der Waals surface area contributed by atoms with Crippen molar-refractivity contribution in [1.82, 2.24) is 0 Å². The molecule has 2 aliphatic heterocycles. The Morgan fingerprint density at radius 3 is 2.83 bits per heavy atom. The van der Waals surface area contributed by atoms with E-state index in [0.717, 1.165) is 31.2 Å². The fourth-order valence-electron chi connectivity index (χ4n) is 6.77. The van der Waals surface area contributed by atoms with E-state index in [0.29, 0.717) is 42.8 Å². The van der Waals surface area contributed by atoms with Crippen LogP contribution in [0, 0.1) is 24.2 Å². The molecule has 1 aromatic carbocycles. The van der Waals surface area contributed by atoms with Crippen LogP contribution in [-0.2, 0) is 30.2 Å². The summed E-state index contributed by atoms with van der Waals surface area (Å²) in [7, 11) is 0. The minimum absolute atomic E-state index is 0.188. The maximum absolute atomic E-state index is 12.9. The standard InChI is InChI=1S/C23H30O6/c1-15-3-6-18(24)9-16(15)4-5-17-10-19(25)11-21(2)20(17)7-8-22(21)23(29-14-27-22)12-26-13-28-23/h3,6,9,17,20,24H,4-5,7-8,10-14H2,1-2H3/t17-,20+,21+,22-,23?/m1/s1. The van der Waals surface area contributed by atoms with Gasteiger partial charge in [-0.1, -0.05) is 13.0 Å². The minimum atomic E-state index is -0.888. The maximum Gasteiger partial charge on any atom is 0.226 e. The fraction of sp³-hybridized carbons (Fsp3) is 0.696. The van der Waals surface area contributed by atoms with Gasteiger partial charge in [-0.05, 0) is 67.7 Å². The van der Waals surface area contributed by atoms with Gasteiger partial charge in [0.15, 0.2) is 13.6 Å². The fourth-order valence-corrected chi connectivity index (χ4v) is 6.77. The van der Waals surface area contributed by atoms with Crippen LogP contribution >= 0.6 is 0 Å². The molecular formula is C23H30O6. The second kappa shape index (κ2) is 6.77. The van der Waals surface area contributed by atoms with Crippen LogP contribution in [0.3, 0.4) is 0 Å². The molecule has 2 heterocycles. The summed E-state index contributed by atoms with van der Waals surface area (Å²) in [6.45, 7) is 5.02. The van der Waals surface area contributed by atoms with Gasteiger partial charge in [0.25, 0.3) is 0 Å². The molecule has 2 aliphatic carbocycles. The number of phenolic OH excluding ortho intramolecular Hbond substituents is 1. The highest BCUT2D eigenvalue weighted by Gasteiger charge is 2.75. The number of hydrogen-bond donors (Lipinski definition) is 1. The Morgan fingerprint density at radius 2 is 2.03 bits per heavy atom. The van der Waals surface area contributed by atoms with Gasteiger partial charge in [-0.3, -0.25) is 4.79 Å². The maximum atomic E-state index is 12.9. The number of benzene rings is 1. The van der Waals surface area contributed by atoms with Gasteiger partial charge in [0, 0.05) is 18.3 Å². The van der Waals surface area contributed by atoms with Crippen molar-refractivity contribution in [3.63, 3.8) is 0 Å². The van der Waals surface area contributed by atoms with Gasteiger partial charge in [0.2, 0.25) is 5.79 Å². The predicted octanol–water partition coefficient (Wildman–Crippen LogP) is 3.47. The molecule has 0 radical (unpaired) electrons. The van der Waals surface area contributed by atoms with Gasteiger partial charge >= 0.3 is 0 Å². The summed E-state index contributed by atoms with van der Waals surface area (Å²) in [5.74, 6) is 0.381. The highest BCUT2D eigenvalue weighted by atomic mass is 16.9. The molecule has 2 spiro atoms. The Bertz CT molecular complexity index is 810. The van der Waals surface area contributed by atoms with Crippen LogP contribution < -0.4 is 0 Å². The van der Waals surface area contributed by atoms with Crippen LogP contribution in [0.1, 0.15) is 50.2 Å². The van der Waals surface area contributed by atoms with E-state index in [2.05, 4.69) is 13.8 Å². The zero-order valence-corrected chi connectivity index (χ0v) is 17.2. The molecule has 2 saturated heterocycles. The Morgan fingerprint density at radius 1 is 1.21 bits per heavy atom. The summed E-state index contributed by atoms with van der Waals surface area (Å²) < 4.78 is 23.8. The Hall–Kier alpha value is -1.47. The van der Waals surface area contributed by atoms with Crippen molar-refractivity contribution in [3.8, 4) is 5.75 Å². The number of aryl methyl sites for hydroxylation is 2. The minimum Gasteiger partial charge on any atom is -0.508 e. The Balaban J connectivity index is 1.42. The molecule has 0 amide bonds. The van der Waals surface area contributed by atoms with E-state index >= 15 is 0 Å². The summed E-state index contributed by atoms with van der Waals surface area (Å²) in [6, 6.07) is 5.53. The van der Waals surface area contributed by atoms with Crippen LogP contribution in [0.4, 0.5) is 0 Å². The molecule has 0 bridgehead atoms. The first kappa shape index (κ1) is 19.5. The monoisotopic (exact) mass is 402 g/mol. The quantitative estimate of drug-likeness (QED) is 0.835. The van der Waals surface area contributed by atoms with Crippen LogP contribution in [0.15, 0.2) is 18.2 Å². The SMILES string of the molecule is Cc1ccc(O)cc1CC[C@@H]1CC(=O)C[C@@]2(C)[C@H]1CC[C@@]21OCOC12COCO2. The van der Waals surface area contributed by atoms with Crippen molar-refractivity contribution in [2.24, 2.45) is 17.3 Å². The molecule has 6 heteroatoms. The average molecular weight is 402 g/mol. The number of Topliss-reactive ketones (excluding diaryl/α,β-unsaturated/α-hetero) is 1. The van der Waals surface area contributed by atoms with Crippen molar-refractivity contribution in [1.29, 1.82) is 0 Å². The summed E-state index contributed by atoms with van der Waals surface area (Å²) >= 11 is 0. The van der Waals surface area contributed by atoms with Gasteiger partial charge < -0.3 is 24.1 Å². The van der Waals surface area contributed by atoms with E-state index in [4.69, 9.17) is 18.9 Å². The number of rotatable bonds is 3. The molecule has 1 unspecified atom stereocenters. The first-order valence-electron chi connectivity index (χ1n) is 10.7. The molecule has 2 saturated carbocycles. The molecule has 4 fully saturated rings. The van der Waals surface area contributed by atoms with Gasteiger partial charge in [0.05, 0.1) is 0 Å². The number of ketones is 1. The van der Waals surface area contributed by atoms with E-state index in [-0.39, 0.29) is 19.0 Å². The zero-order chi connectivity index (χ0) is 20.3. The number of hydrogen-bond acceptors (Lipinski definition) is 6. The van der Waals surface area contributed by atoms with Crippen LogP contribution in [-0.4, -0.2) is 42.5 Å². The number of aromatic hydroxyl groups is 1. The van der Waals surface area contributed by atoms with Gasteiger partial charge in [-0.2, -0.15) is 0 Å². The average Bonchev–Trinajstić information content (AvgIpc) is 3.37. The molecule has 0 aromatic heterocycles. The third-order valence-corrected chi connectivity index (χ3v) is 8.17. The highest BCUT2D eigenvalue weighted by molar-refractivity contribution is 5.81. The summed E-state index contributed by atoms with van der Waals surface area (Å²) in [6.07, 6.45) is 4.75. The Kier molecular flexibility index (Phi) is 4.55.